The second-order valence-electron chi connectivity index (χ2n) is 4.78. The Morgan fingerprint density at radius 2 is 1.95 bits per heavy atom. The molecule has 100 valence electrons. The number of nitrogens with zero attached hydrogens (tertiary/aromatic N) is 1. The zero-order chi connectivity index (χ0) is 13.9. The lowest BCUT2D eigenvalue weighted by atomic mass is 10.1. The van der Waals surface area contributed by atoms with Crippen molar-refractivity contribution in [3.63, 3.8) is 0 Å². The van der Waals surface area contributed by atoms with Crippen molar-refractivity contribution in [2.75, 3.05) is 0 Å². The summed E-state index contributed by atoms with van der Waals surface area (Å²) in [5.74, 6) is 1.51. The fourth-order valence-corrected chi connectivity index (χ4v) is 2.20. The van der Waals surface area contributed by atoms with E-state index in [9.17, 15) is 0 Å². The van der Waals surface area contributed by atoms with Crippen molar-refractivity contribution >= 4 is 10.9 Å². The highest BCUT2D eigenvalue weighted by Crippen LogP contribution is 2.27. The first-order valence-corrected chi connectivity index (χ1v) is 6.58. The van der Waals surface area contributed by atoms with E-state index in [1.165, 1.54) is 5.56 Å². The van der Waals surface area contributed by atoms with Gasteiger partial charge in [-0.2, -0.15) is 0 Å². The van der Waals surface area contributed by atoms with Gasteiger partial charge < -0.3 is 10.5 Å². The summed E-state index contributed by atoms with van der Waals surface area (Å²) in [6.45, 7) is 2.50. The predicted molar refractivity (Wildman–Crippen MR) is 80.9 cm³/mol. The van der Waals surface area contributed by atoms with Gasteiger partial charge in [-0.1, -0.05) is 35.9 Å². The van der Waals surface area contributed by atoms with Crippen molar-refractivity contribution in [1.82, 2.24) is 4.98 Å². The van der Waals surface area contributed by atoms with Crippen molar-refractivity contribution in [3.05, 3.63) is 65.9 Å². The quantitative estimate of drug-likeness (QED) is 0.782. The average molecular weight is 264 g/mol. The number of hydrogen-bond donors (Lipinski definition) is 1. The molecule has 3 aromatic rings. The molecule has 2 aromatic carbocycles. The molecule has 1 heterocycles. The molecule has 20 heavy (non-hydrogen) atoms. The Hall–Kier alpha value is -2.39. The van der Waals surface area contributed by atoms with Crippen LogP contribution >= 0.6 is 0 Å². The molecule has 0 spiro atoms. The van der Waals surface area contributed by atoms with Gasteiger partial charge in [0.05, 0.1) is 11.7 Å². The number of fused-ring (bicyclic) bond motifs is 1. The standard InChI is InChI=1S/C17H16N2O/c1-12-6-7-17(14(8-12)10-18)20-15-9-13-4-2-3-5-16(13)19-11-15/h2-9,11H,10,18H2,1H3. The summed E-state index contributed by atoms with van der Waals surface area (Å²) in [4.78, 5) is 4.39. The van der Waals surface area contributed by atoms with E-state index in [4.69, 9.17) is 10.5 Å². The summed E-state index contributed by atoms with van der Waals surface area (Å²) < 4.78 is 5.92. The molecule has 3 rings (SSSR count). The van der Waals surface area contributed by atoms with E-state index >= 15 is 0 Å². The van der Waals surface area contributed by atoms with Crippen molar-refractivity contribution in [1.29, 1.82) is 0 Å². The number of para-hydroxylation sites is 1. The molecule has 0 saturated heterocycles. The van der Waals surface area contributed by atoms with Crippen LogP contribution in [0.25, 0.3) is 10.9 Å². The minimum absolute atomic E-state index is 0.456. The Morgan fingerprint density at radius 1 is 1.10 bits per heavy atom. The predicted octanol–water partition coefficient (Wildman–Crippen LogP) is 3.79. The highest BCUT2D eigenvalue weighted by molar-refractivity contribution is 5.79. The summed E-state index contributed by atoms with van der Waals surface area (Å²) in [6, 6.07) is 16.0. The van der Waals surface area contributed by atoms with Crippen LogP contribution in [-0.4, -0.2) is 4.98 Å². The molecule has 0 aliphatic carbocycles. The van der Waals surface area contributed by atoms with Crippen LogP contribution in [0.5, 0.6) is 11.5 Å². The van der Waals surface area contributed by atoms with Gasteiger partial charge in [-0.3, -0.25) is 4.98 Å². The molecule has 0 aliphatic heterocycles. The number of rotatable bonds is 3. The lowest BCUT2D eigenvalue weighted by Crippen LogP contribution is -2.00. The first-order chi connectivity index (χ1) is 9.76. The fourth-order valence-electron chi connectivity index (χ4n) is 2.20. The number of nitrogens with two attached hydrogens (primary N) is 1. The highest BCUT2D eigenvalue weighted by atomic mass is 16.5. The van der Waals surface area contributed by atoms with Gasteiger partial charge >= 0.3 is 0 Å². The number of pyridine rings is 1. The molecule has 0 unspecified atom stereocenters. The Bertz CT molecular complexity index is 753. The monoisotopic (exact) mass is 264 g/mol. The third-order valence-electron chi connectivity index (χ3n) is 3.23. The first-order valence-electron chi connectivity index (χ1n) is 6.58. The van der Waals surface area contributed by atoms with Crippen molar-refractivity contribution < 1.29 is 4.74 Å². The number of hydrogen-bond acceptors (Lipinski definition) is 3. The SMILES string of the molecule is Cc1ccc(Oc2cnc3ccccc3c2)c(CN)c1. The minimum Gasteiger partial charge on any atom is -0.455 e. The zero-order valence-electron chi connectivity index (χ0n) is 11.3. The topological polar surface area (TPSA) is 48.1 Å². The number of aromatic nitrogens is 1. The van der Waals surface area contributed by atoms with Crippen LogP contribution in [0, 0.1) is 6.92 Å². The van der Waals surface area contributed by atoms with E-state index in [1.54, 1.807) is 6.20 Å². The summed E-state index contributed by atoms with van der Waals surface area (Å²) in [5, 5.41) is 1.06. The van der Waals surface area contributed by atoms with E-state index < -0.39 is 0 Å². The van der Waals surface area contributed by atoms with Gasteiger partial charge in [-0.25, -0.2) is 0 Å². The molecule has 0 fully saturated rings. The average Bonchev–Trinajstić information content (AvgIpc) is 2.49. The third kappa shape index (κ3) is 2.49. The van der Waals surface area contributed by atoms with E-state index in [2.05, 4.69) is 4.98 Å². The van der Waals surface area contributed by atoms with E-state index in [-0.39, 0.29) is 0 Å². The molecule has 3 heteroatoms. The molecular formula is C17H16N2O. The fraction of sp³-hybridized carbons (Fsp3) is 0.118. The third-order valence-corrected chi connectivity index (χ3v) is 3.23. The second kappa shape index (κ2) is 5.31. The summed E-state index contributed by atoms with van der Waals surface area (Å²) in [5.41, 5.74) is 8.90. The van der Waals surface area contributed by atoms with Gasteiger partial charge in [0.1, 0.15) is 11.5 Å². The molecule has 1 aromatic heterocycles. The van der Waals surface area contributed by atoms with Crippen LogP contribution in [0.2, 0.25) is 0 Å². The highest BCUT2D eigenvalue weighted by Gasteiger charge is 2.05. The maximum atomic E-state index is 5.92. The van der Waals surface area contributed by atoms with Crippen molar-refractivity contribution in [3.8, 4) is 11.5 Å². The van der Waals surface area contributed by atoms with Gasteiger partial charge in [0.2, 0.25) is 0 Å². The molecule has 3 nitrogen and oxygen atoms in total. The van der Waals surface area contributed by atoms with Crippen LogP contribution in [0.1, 0.15) is 11.1 Å². The molecule has 0 radical (unpaired) electrons. The van der Waals surface area contributed by atoms with Gasteiger partial charge in [0, 0.05) is 17.5 Å². The zero-order valence-corrected chi connectivity index (χ0v) is 11.3. The lowest BCUT2D eigenvalue weighted by molar-refractivity contribution is 0.475. The van der Waals surface area contributed by atoms with Crippen LogP contribution in [0.4, 0.5) is 0 Å². The van der Waals surface area contributed by atoms with Gasteiger partial charge in [0.15, 0.2) is 0 Å². The van der Waals surface area contributed by atoms with Crippen molar-refractivity contribution in [2.45, 2.75) is 13.5 Å². The maximum Gasteiger partial charge on any atom is 0.146 e. The Balaban J connectivity index is 1.96. The molecule has 0 atom stereocenters. The van der Waals surface area contributed by atoms with Crippen LogP contribution in [0.15, 0.2) is 54.7 Å². The van der Waals surface area contributed by atoms with E-state index in [0.717, 1.165) is 28.0 Å². The lowest BCUT2D eigenvalue weighted by Gasteiger charge is -2.11. The first kappa shape index (κ1) is 12.6. The molecule has 0 bridgehead atoms. The van der Waals surface area contributed by atoms with Gasteiger partial charge in [-0.15, -0.1) is 0 Å². The number of aryl methyl sites for hydroxylation is 1. The van der Waals surface area contributed by atoms with Gasteiger partial charge in [-0.05, 0) is 25.1 Å². The van der Waals surface area contributed by atoms with E-state index in [1.807, 2.05) is 55.5 Å². The molecule has 0 amide bonds. The smallest absolute Gasteiger partial charge is 0.146 e. The normalized spacial score (nSPS) is 10.7. The van der Waals surface area contributed by atoms with E-state index in [0.29, 0.717) is 6.54 Å². The largest absolute Gasteiger partial charge is 0.455 e. The maximum absolute atomic E-state index is 5.92. The Morgan fingerprint density at radius 3 is 2.80 bits per heavy atom. The van der Waals surface area contributed by atoms with Crippen LogP contribution in [0.3, 0.4) is 0 Å². The summed E-state index contributed by atoms with van der Waals surface area (Å²) >= 11 is 0. The second-order valence-corrected chi connectivity index (χ2v) is 4.78. The summed E-state index contributed by atoms with van der Waals surface area (Å²) in [7, 11) is 0. The Kier molecular flexibility index (Phi) is 3.35. The molecule has 0 aliphatic rings. The molecular weight excluding hydrogens is 248 g/mol. The molecule has 2 N–H and O–H groups in total. The van der Waals surface area contributed by atoms with Crippen LogP contribution < -0.4 is 10.5 Å². The van der Waals surface area contributed by atoms with Crippen molar-refractivity contribution in [2.24, 2.45) is 5.73 Å². The minimum atomic E-state index is 0.456. The Labute approximate surface area is 118 Å². The number of ether oxygens (including phenoxy) is 1. The number of benzene rings is 2. The van der Waals surface area contributed by atoms with Crippen LogP contribution in [-0.2, 0) is 6.54 Å². The summed E-state index contributed by atoms with van der Waals surface area (Å²) in [6.07, 6.45) is 1.74. The van der Waals surface area contributed by atoms with Gasteiger partial charge in [0.25, 0.3) is 0 Å². The molecule has 0 saturated carbocycles.